The summed E-state index contributed by atoms with van der Waals surface area (Å²) in [5.74, 6) is 1.01. The van der Waals surface area contributed by atoms with Gasteiger partial charge in [-0.25, -0.2) is 4.39 Å². The first-order valence-electron chi connectivity index (χ1n) is 10.3. The number of carbonyl (C=O) groups excluding carboxylic acids is 1. The van der Waals surface area contributed by atoms with Crippen LogP contribution in [0.3, 0.4) is 0 Å². The lowest BCUT2D eigenvalue weighted by atomic mass is 9.78. The zero-order valence-corrected chi connectivity index (χ0v) is 17.9. The highest BCUT2D eigenvalue weighted by atomic mass is 19.1. The van der Waals surface area contributed by atoms with Crippen molar-refractivity contribution < 1.29 is 19.0 Å². The third-order valence-electron chi connectivity index (χ3n) is 5.62. The molecular weight excluding hydrogens is 403 g/mol. The van der Waals surface area contributed by atoms with Gasteiger partial charge < -0.3 is 9.84 Å². The van der Waals surface area contributed by atoms with Gasteiger partial charge in [0.2, 0.25) is 0 Å². The fourth-order valence-electron chi connectivity index (χ4n) is 3.56. The first kappa shape index (κ1) is 21.3. The lowest BCUT2D eigenvalue weighted by Crippen LogP contribution is -2.18. The molecule has 3 nitrogen and oxygen atoms in total. The molecule has 0 saturated carbocycles. The number of halogens is 1. The van der Waals surface area contributed by atoms with Gasteiger partial charge in [0.05, 0.1) is 0 Å². The zero-order valence-electron chi connectivity index (χ0n) is 17.9. The Hall–Kier alpha value is -3.92. The lowest BCUT2D eigenvalue weighted by molar-refractivity contribution is 0.103. The number of phenolic OH excluding ortho intramolecular Hbond substituents is 1. The van der Waals surface area contributed by atoms with Crippen LogP contribution >= 0.6 is 0 Å². The Balaban J connectivity index is 1.46. The number of aromatic hydroxyl groups is 1. The summed E-state index contributed by atoms with van der Waals surface area (Å²) in [5, 5.41) is 9.54. The molecule has 4 rings (SSSR count). The summed E-state index contributed by atoms with van der Waals surface area (Å²) in [6, 6.07) is 27.5. The third-order valence-corrected chi connectivity index (χ3v) is 5.62. The van der Waals surface area contributed by atoms with Gasteiger partial charge in [0.25, 0.3) is 0 Å². The molecule has 0 spiro atoms. The Morgan fingerprint density at radius 1 is 0.688 bits per heavy atom. The van der Waals surface area contributed by atoms with Gasteiger partial charge in [-0.2, -0.15) is 0 Å². The van der Waals surface area contributed by atoms with Crippen LogP contribution in [0.15, 0.2) is 97.1 Å². The summed E-state index contributed by atoms with van der Waals surface area (Å²) in [5.41, 5.74) is 2.94. The van der Waals surface area contributed by atoms with Crippen molar-refractivity contribution in [3.63, 3.8) is 0 Å². The van der Waals surface area contributed by atoms with Crippen LogP contribution in [0.4, 0.5) is 4.39 Å². The van der Waals surface area contributed by atoms with Crippen molar-refractivity contribution in [3.8, 4) is 17.2 Å². The molecule has 0 aliphatic carbocycles. The number of ether oxygens (including phenoxy) is 1. The van der Waals surface area contributed by atoms with Crippen molar-refractivity contribution in [2.24, 2.45) is 0 Å². The average Bonchev–Trinajstić information content (AvgIpc) is 2.80. The fraction of sp³-hybridized carbons (Fsp3) is 0.107. The van der Waals surface area contributed by atoms with Crippen molar-refractivity contribution >= 4 is 5.78 Å². The Morgan fingerprint density at radius 3 is 1.59 bits per heavy atom. The topological polar surface area (TPSA) is 46.5 Å². The number of hydrogen-bond acceptors (Lipinski definition) is 3. The summed E-state index contributed by atoms with van der Waals surface area (Å²) < 4.78 is 19.0. The largest absolute Gasteiger partial charge is 0.508 e. The van der Waals surface area contributed by atoms with E-state index in [9.17, 15) is 14.3 Å². The smallest absolute Gasteiger partial charge is 0.193 e. The minimum atomic E-state index is -0.372. The molecule has 4 heteroatoms. The Morgan fingerprint density at radius 2 is 1.09 bits per heavy atom. The summed E-state index contributed by atoms with van der Waals surface area (Å²) in [6.07, 6.45) is 0. The minimum absolute atomic E-state index is 0.169. The molecule has 0 aliphatic heterocycles. The Kier molecular flexibility index (Phi) is 5.78. The van der Waals surface area contributed by atoms with Crippen molar-refractivity contribution in [2.75, 3.05) is 0 Å². The quantitative estimate of drug-likeness (QED) is 0.342. The number of carbonyl (C=O) groups is 1. The van der Waals surface area contributed by atoms with Gasteiger partial charge in [0.15, 0.2) is 5.78 Å². The molecule has 1 N–H and O–H groups in total. The lowest BCUT2D eigenvalue weighted by Gasteiger charge is -2.26. The van der Waals surface area contributed by atoms with Crippen molar-refractivity contribution in [2.45, 2.75) is 19.3 Å². The van der Waals surface area contributed by atoms with E-state index in [4.69, 9.17) is 4.74 Å². The third kappa shape index (κ3) is 4.54. The molecule has 0 saturated heterocycles. The molecule has 0 fully saturated rings. The Bertz CT molecular complexity index is 1210. The normalized spacial score (nSPS) is 11.2. The summed E-state index contributed by atoms with van der Waals surface area (Å²) in [4.78, 5) is 12.5. The van der Waals surface area contributed by atoms with E-state index < -0.39 is 0 Å². The average molecular weight is 426 g/mol. The van der Waals surface area contributed by atoms with E-state index in [0.29, 0.717) is 22.6 Å². The number of rotatable bonds is 6. The second-order valence-corrected chi connectivity index (χ2v) is 8.16. The predicted molar refractivity (Wildman–Crippen MR) is 123 cm³/mol. The molecule has 0 bridgehead atoms. The second kappa shape index (κ2) is 8.67. The molecule has 4 aromatic carbocycles. The maximum Gasteiger partial charge on any atom is 0.193 e. The maximum atomic E-state index is 13.1. The second-order valence-electron chi connectivity index (χ2n) is 8.16. The van der Waals surface area contributed by atoms with Crippen LogP contribution in [0.25, 0.3) is 0 Å². The van der Waals surface area contributed by atoms with Gasteiger partial charge in [0, 0.05) is 16.5 Å². The molecule has 0 heterocycles. The van der Waals surface area contributed by atoms with Gasteiger partial charge in [-0.05, 0) is 83.9 Å². The van der Waals surface area contributed by atoms with E-state index in [-0.39, 0.29) is 22.8 Å². The first-order chi connectivity index (χ1) is 15.3. The van der Waals surface area contributed by atoms with Gasteiger partial charge in [-0.1, -0.05) is 38.1 Å². The first-order valence-corrected chi connectivity index (χ1v) is 10.3. The van der Waals surface area contributed by atoms with Crippen LogP contribution < -0.4 is 4.74 Å². The van der Waals surface area contributed by atoms with Crippen LogP contribution in [0.1, 0.15) is 40.9 Å². The molecule has 160 valence electrons. The van der Waals surface area contributed by atoms with Gasteiger partial charge >= 0.3 is 0 Å². The zero-order chi connectivity index (χ0) is 22.7. The van der Waals surface area contributed by atoms with E-state index in [1.807, 2.05) is 36.4 Å². The van der Waals surface area contributed by atoms with Crippen LogP contribution in [0, 0.1) is 5.82 Å². The highest BCUT2D eigenvalue weighted by Gasteiger charge is 2.23. The Labute approximate surface area is 186 Å². The van der Waals surface area contributed by atoms with Gasteiger partial charge in [-0.3, -0.25) is 4.79 Å². The van der Waals surface area contributed by atoms with Crippen LogP contribution in [0.2, 0.25) is 0 Å². The highest BCUT2D eigenvalue weighted by molar-refractivity contribution is 6.09. The van der Waals surface area contributed by atoms with Crippen molar-refractivity contribution in [3.05, 3.63) is 125 Å². The molecule has 0 unspecified atom stereocenters. The molecule has 0 radical (unpaired) electrons. The van der Waals surface area contributed by atoms with Crippen LogP contribution in [0.5, 0.6) is 17.2 Å². The van der Waals surface area contributed by atoms with E-state index >= 15 is 0 Å². The van der Waals surface area contributed by atoms with Crippen LogP contribution in [-0.2, 0) is 5.41 Å². The monoisotopic (exact) mass is 426 g/mol. The van der Waals surface area contributed by atoms with Gasteiger partial charge in [0.1, 0.15) is 23.1 Å². The predicted octanol–water partition coefficient (Wildman–Crippen LogP) is 6.88. The SMILES string of the molecule is CC(C)(c1ccc(O)cc1)c1ccc(Oc2ccc(C(=O)c3ccc(F)cc3)cc2)cc1. The number of hydrogen-bond donors (Lipinski definition) is 1. The highest BCUT2D eigenvalue weighted by Crippen LogP contribution is 2.34. The van der Waals surface area contributed by atoms with E-state index in [2.05, 4.69) is 13.8 Å². The number of benzene rings is 4. The molecule has 0 aromatic heterocycles. The maximum absolute atomic E-state index is 13.1. The molecule has 4 aromatic rings. The van der Waals surface area contributed by atoms with E-state index in [1.165, 1.54) is 24.3 Å². The van der Waals surface area contributed by atoms with Crippen molar-refractivity contribution in [1.82, 2.24) is 0 Å². The van der Waals surface area contributed by atoms with Gasteiger partial charge in [-0.15, -0.1) is 0 Å². The van der Waals surface area contributed by atoms with Crippen molar-refractivity contribution in [1.29, 1.82) is 0 Å². The van der Waals surface area contributed by atoms with Crippen LogP contribution in [-0.4, -0.2) is 10.9 Å². The molecular formula is C28H23FO3. The number of phenols is 1. The molecule has 0 atom stereocenters. The molecule has 0 amide bonds. The molecule has 32 heavy (non-hydrogen) atoms. The standard InChI is InChI=1S/C28H23FO3/c1-28(2,21-7-13-24(30)14-8-21)22-9-17-26(18-10-22)32-25-15-5-20(6-16-25)27(31)19-3-11-23(29)12-4-19/h3-18,30H,1-2H3. The van der Waals surface area contributed by atoms with E-state index in [1.54, 1.807) is 36.4 Å². The fourth-order valence-corrected chi connectivity index (χ4v) is 3.56. The minimum Gasteiger partial charge on any atom is -0.508 e. The summed E-state index contributed by atoms with van der Waals surface area (Å²) in [7, 11) is 0. The van der Waals surface area contributed by atoms with E-state index in [0.717, 1.165) is 11.1 Å². The molecule has 0 aliphatic rings. The summed E-state index contributed by atoms with van der Waals surface area (Å²) >= 11 is 0. The number of ketones is 1. The summed E-state index contributed by atoms with van der Waals surface area (Å²) in [6.45, 7) is 4.26.